The molecule has 16 heavy (non-hydrogen) atoms. The summed E-state index contributed by atoms with van der Waals surface area (Å²) in [7, 11) is 3.47. The molecule has 2 aromatic heterocycles. The van der Waals surface area contributed by atoms with E-state index < -0.39 is 0 Å². The highest BCUT2D eigenvalue weighted by Gasteiger charge is 2.08. The van der Waals surface area contributed by atoms with Crippen LogP contribution in [0.5, 0.6) is 5.75 Å². The van der Waals surface area contributed by atoms with Gasteiger partial charge < -0.3 is 10.1 Å². The monoisotopic (exact) mass is 215 g/mol. The molecule has 2 heterocycles. The smallest absolute Gasteiger partial charge is 0.145 e. The summed E-state index contributed by atoms with van der Waals surface area (Å²) in [5, 5.41) is 3.00. The molecule has 0 saturated carbocycles. The van der Waals surface area contributed by atoms with E-state index in [4.69, 9.17) is 4.74 Å². The number of aromatic nitrogens is 2. The van der Waals surface area contributed by atoms with Gasteiger partial charge in [-0.05, 0) is 24.3 Å². The van der Waals surface area contributed by atoms with E-state index in [1.807, 2.05) is 31.3 Å². The molecule has 82 valence electrons. The number of anilines is 1. The van der Waals surface area contributed by atoms with Crippen LogP contribution in [0.1, 0.15) is 0 Å². The van der Waals surface area contributed by atoms with Crippen molar-refractivity contribution in [1.29, 1.82) is 0 Å². The molecule has 0 aromatic carbocycles. The highest BCUT2D eigenvalue weighted by atomic mass is 16.5. The number of nitrogens with zero attached hydrogens (tertiary/aromatic N) is 2. The molecule has 0 aliphatic carbocycles. The van der Waals surface area contributed by atoms with Crippen molar-refractivity contribution in [3.8, 4) is 17.0 Å². The van der Waals surface area contributed by atoms with Crippen molar-refractivity contribution in [3.63, 3.8) is 0 Å². The average Bonchev–Trinajstić information content (AvgIpc) is 2.39. The summed E-state index contributed by atoms with van der Waals surface area (Å²) >= 11 is 0. The quantitative estimate of drug-likeness (QED) is 0.852. The lowest BCUT2D eigenvalue weighted by atomic mass is 10.2. The fourth-order valence-corrected chi connectivity index (χ4v) is 1.46. The van der Waals surface area contributed by atoms with E-state index in [1.54, 1.807) is 19.5 Å². The van der Waals surface area contributed by atoms with Gasteiger partial charge in [0.2, 0.25) is 0 Å². The first-order valence-electron chi connectivity index (χ1n) is 4.98. The minimum atomic E-state index is 0.743. The predicted octanol–water partition coefficient (Wildman–Crippen LogP) is 2.19. The Bertz CT molecular complexity index is 471. The zero-order valence-corrected chi connectivity index (χ0v) is 9.27. The number of rotatable bonds is 3. The number of hydrogen-bond acceptors (Lipinski definition) is 4. The van der Waals surface area contributed by atoms with Gasteiger partial charge in [-0.25, -0.2) is 4.98 Å². The molecular weight excluding hydrogens is 202 g/mol. The molecule has 0 spiro atoms. The molecule has 0 atom stereocenters. The molecule has 0 bridgehead atoms. The van der Waals surface area contributed by atoms with Crippen LogP contribution in [0.3, 0.4) is 0 Å². The second-order valence-corrected chi connectivity index (χ2v) is 3.24. The van der Waals surface area contributed by atoms with Gasteiger partial charge in [-0.3, -0.25) is 4.98 Å². The lowest BCUT2D eigenvalue weighted by Crippen LogP contribution is -1.97. The third kappa shape index (κ3) is 1.95. The lowest BCUT2D eigenvalue weighted by molar-refractivity contribution is 0.415. The highest BCUT2D eigenvalue weighted by molar-refractivity contribution is 5.67. The minimum Gasteiger partial charge on any atom is -0.494 e. The summed E-state index contributed by atoms with van der Waals surface area (Å²) < 4.78 is 5.28. The molecule has 1 N–H and O–H groups in total. The Hall–Kier alpha value is -2.10. The van der Waals surface area contributed by atoms with Crippen LogP contribution in [-0.4, -0.2) is 24.1 Å². The van der Waals surface area contributed by atoms with Gasteiger partial charge in [0.05, 0.1) is 7.11 Å². The third-order valence-electron chi connectivity index (χ3n) is 2.27. The summed E-state index contributed by atoms with van der Waals surface area (Å²) in [4.78, 5) is 8.53. The summed E-state index contributed by atoms with van der Waals surface area (Å²) in [6.45, 7) is 0. The third-order valence-corrected chi connectivity index (χ3v) is 2.27. The fourth-order valence-electron chi connectivity index (χ4n) is 1.46. The predicted molar refractivity (Wildman–Crippen MR) is 63.6 cm³/mol. The van der Waals surface area contributed by atoms with Crippen molar-refractivity contribution in [1.82, 2.24) is 9.97 Å². The summed E-state index contributed by atoms with van der Waals surface area (Å²) in [6, 6.07) is 7.60. The minimum absolute atomic E-state index is 0.743. The second-order valence-electron chi connectivity index (χ2n) is 3.24. The molecule has 0 saturated heterocycles. The van der Waals surface area contributed by atoms with Crippen LogP contribution in [0.4, 0.5) is 5.82 Å². The Morgan fingerprint density at radius 2 is 2.12 bits per heavy atom. The molecule has 4 nitrogen and oxygen atoms in total. The van der Waals surface area contributed by atoms with Crippen molar-refractivity contribution in [2.24, 2.45) is 0 Å². The zero-order valence-electron chi connectivity index (χ0n) is 9.27. The van der Waals surface area contributed by atoms with Crippen LogP contribution in [0, 0.1) is 0 Å². The molecule has 0 aliphatic heterocycles. The van der Waals surface area contributed by atoms with Crippen LogP contribution in [0.15, 0.2) is 36.7 Å². The zero-order chi connectivity index (χ0) is 11.4. The van der Waals surface area contributed by atoms with Gasteiger partial charge in [0, 0.05) is 25.0 Å². The number of hydrogen-bond donors (Lipinski definition) is 1. The van der Waals surface area contributed by atoms with E-state index in [1.165, 1.54) is 0 Å². The Morgan fingerprint density at radius 3 is 2.75 bits per heavy atom. The van der Waals surface area contributed by atoms with Crippen LogP contribution in [0.2, 0.25) is 0 Å². The lowest BCUT2D eigenvalue weighted by Gasteiger charge is -2.09. The molecule has 0 unspecified atom stereocenters. The molecule has 0 fully saturated rings. The number of methoxy groups -OCH3 is 1. The Labute approximate surface area is 94.3 Å². The molecule has 0 amide bonds. The summed E-state index contributed by atoms with van der Waals surface area (Å²) in [6.07, 6.45) is 3.50. The topological polar surface area (TPSA) is 47.0 Å². The van der Waals surface area contributed by atoms with E-state index in [9.17, 15) is 0 Å². The maximum Gasteiger partial charge on any atom is 0.145 e. The second kappa shape index (κ2) is 4.61. The van der Waals surface area contributed by atoms with Crippen LogP contribution in [0.25, 0.3) is 11.3 Å². The molecule has 2 aromatic rings. The van der Waals surface area contributed by atoms with E-state index >= 15 is 0 Å². The maximum atomic E-state index is 5.28. The molecule has 2 rings (SSSR count). The van der Waals surface area contributed by atoms with Crippen molar-refractivity contribution >= 4 is 5.82 Å². The standard InChI is InChI=1S/C12H13N3O/c1-13-11-6-5-10(16-2)12(15-11)9-4-3-7-14-8-9/h3-8H,1-2H3,(H,13,15). The van der Waals surface area contributed by atoms with Crippen molar-refractivity contribution in [3.05, 3.63) is 36.7 Å². The SMILES string of the molecule is CNc1ccc(OC)c(-c2cccnc2)n1. The van der Waals surface area contributed by atoms with Gasteiger partial charge >= 0.3 is 0 Å². The van der Waals surface area contributed by atoms with Gasteiger partial charge in [0.25, 0.3) is 0 Å². The van der Waals surface area contributed by atoms with Crippen molar-refractivity contribution < 1.29 is 4.74 Å². The Balaban J connectivity index is 2.53. The first-order chi connectivity index (χ1) is 7.85. The van der Waals surface area contributed by atoms with Gasteiger partial charge in [-0.1, -0.05) is 0 Å². The van der Waals surface area contributed by atoms with Gasteiger partial charge in [-0.2, -0.15) is 0 Å². The normalized spacial score (nSPS) is 9.88. The maximum absolute atomic E-state index is 5.28. The van der Waals surface area contributed by atoms with E-state index in [2.05, 4.69) is 15.3 Å². The summed E-state index contributed by atoms with van der Waals surface area (Å²) in [5.41, 5.74) is 1.74. The number of ether oxygens (including phenoxy) is 1. The summed E-state index contributed by atoms with van der Waals surface area (Å²) in [5.74, 6) is 1.55. The van der Waals surface area contributed by atoms with Gasteiger partial charge in [0.1, 0.15) is 17.3 Å². The Kier molecular flexibility index (Phi) is 3.00. The van der Waals surface area contributed by atoms with E-state index in [-0.39, 0.29) is 0 Å². The van der Waals surface area contributed by atoms with Gasteiger partial charge in [0.15, 0.2) is 0 Å². The van der Waals surface area contributed by atoms with Crippen LogP contribution >= 0.6 is 0 Å². The first kappa shape index (κ1) is 10.4. The molecule has 0 aliphatic rings. The Morgan fingerprint density at radius 1 is 1.25 bits per heavy atom. The average molecular weight is 215 g/mol. The number of nitrogens with one attached hydrogen (secondary N) is 1. The van der Waals surface area contributed by atoms with Crippen molar-refractivity contribution in [2.45, 2.75) is 0 Å². The van der Waals surface area contributed by atoms with Gasteiger partial charge in [-0.15, -0.1) is 0 Å². The first-order valence-corrected chi connectivity index (χ1v) is 4.98. The van der Waals surface area contributed by atoms with E-state index in [0.29, 0.717) is 0 Å². The molecule has 4 heteroatoms. The molecule has 0 radical (unpaired) electrons. The fraction of sp³-hybridized carbons (Fsp3) is 0.167. The highest BCUT2D eigenvalue weighted by Crippen LogP contribution is 2.28. The van der Waals surface area contributed by atoms with E-state index in [0.717, 1.165) is 22.8 Å². The molecular formula is C12H13N3O. The van der Waals surface area contributed by atoms with Crippen molar-refractivity contribution in [2.75, 3.05) is 19.5 Å². The largest absolute Gasteiger partial charge is 0.494 e. The van der Waals surface area contributed by atoms with Crippen LogP contribution in [-0.2, 0) is 0 Å². The van der Waals surface area contributed by atoms with Crippen LogP contribution < -0.4 is 10.1 Å². The number of pyridine rings is 2.